The van der Waals surface area contributed by atoms with Gasteiger partial charge in [0.05, 0.1) is 22.5 Å². The molecule has 3 nitrogen and oxygen atoms in total. The summed E-state index contributed by atoms with van der Waals surface area (Å²) >= 11 is 0. The molecule has 0 amide bonds. The highest BCUT2D eigenvalue weighted by atomic mass is 14.9. The van der Waals surface area contributed by atoms with Crippen LogP contribution in [0.5, 0.6) is 0 Å². The molecule has 0 bridgehead atoms. The van der Waals surface area contributed by atoms with Crippen molar-refractivity contribution in [3.63, 3.8) is 0 Å². The molecule has 5 aromatic carbocycles. The topological polar surface area (TPSA) is 37.6 Å². The van der Waals surface area contributed by atoms with Crippen LogP contribution in [-0.2, 0) is 5.41 Å². The molecule has 1 atom stereocenters. The van der Waals surface area contributed by atoms with Gasteiger partial charge in [-0.15, -0.1) is 0 Å². The third-order valence-corrected chi connectivity index (χ3v) is 10.1. The maximum absolute atomic E-state index is 5.39. The van der Waals surface area contributed by atoms with Gasteiger partial charge in [0.15, 0.2) is 5.84 Å². The largest absolute Gasteiger partial charge is 0.248 e. The van der Waals surface area contributed by atoms with Crippen LogP contribution in [0.3, 0.4) is 0 Å². The monoisotopic (exact) mass is 669 g/mol. The smallest absolute Gasteiger partial charge is 0.159 e. The summed E-state index contributed by atoms with van der Waals surface area (Å²) in [5, 5.41) is 0. The van der Waals surface area contributed by atoms with Crippen LogP contribution < -0.4 is 0 Å². The van der Waals surface area contributed by atoms with Crippen molar-refractivity contribution in [1.29, 1.82) is 0 Å². The number of allylic oxidation sites excluding steroid dienone is 7. The second-order valence-corrected chi connectivity index (χ2v) is 13.1. The summed E-state index contributed by atoms with van der Waals surface area (Å²) < 4.78 is 0. The molecule has 0 fully saturated rings. The fourth-order valence-electron chi connectivity index (χ4n) is 7.74. The predicted octanol–water partition coefficient (Wildman–Crippen LogP) is 12.1. The fourth-order valence-corrected chi connectivity index (χ4v) is 7.74. The molecule has 1 heterocycles. The third-order valence-electron chi connectivity index (χ3n) is 10.1. The summed E-state index contributed by atoms with van der Waals surface area (Å²) in [7, 11) is 0. The van der Waals surface area contributed by atoms with Crippen molar-refractivity contribution >= 4 is 18.3 Å². The highest BCUT2D eigenvalue weighted by Crippen LogP contribution is 2.57. The molecule has 1 unspecified atom stereocenters. The zero-order chi connectivity index (χ0) is 35.3. The minimum atomic E-state index is -0.474. The average molecular weight is 670 g/mol. The molecule has 0 saturated heterocycles. The molecule has 0 N–H and O–H groups in total. The van der Waals surface area contributed by atoms with E-state index in [1.54, 1.807) is 0 Å². The van der Waals surface area contributed by atoms with E-state index in [2.05, 4.69) is 189 Å². The lowest BCUT2D eigenvalue weighted by Crippen LogP contribution is -2.31. The number of rotatable bonds is 8. The van der Waals surface area contributed by atoms with Gasteiger partial charge in [0.25, 0.3) is 0 Å². The molecule has 3 heteroatoms. The zero-order valence-corrected chi connectivity index (χ0v) is 29.3. The van der Waals surface area contributed by atoms with Gasteiger partial charge in [-0.3, -0.25) is 0 Å². The lowest BCUT2D eigenvalue weighted by molar-refractivity contribution is 0.687. The lowest BCUT2D eigenvalue weighted by atomic mass is 9.64. The van der Waals surface area contributed by atoms with Gasteiger partial charge in [-0.2, -0.15) is 0 Å². The standard InChI is InChI=1S/C49H39N3/c1-3-18-44-47(42-27-16-17-28-43(42)49(44,40-23-12-6-13-24-40)41-25-14-7-15-26-41)52-48(50-2)38-31-29-35(30-32-38)39-33-45(36-19-8-4-9-20-36)51-46(34-39)37-21-10-5-11-22-37/h3-14,16-25,27-34H,2,15,26H2,1H3/b18-3?,52-48-. The fraction of sp³-hybridized carbons (Fsp3) is 0.0816. The quantitative estimate of drug-likeness (QED) is 0.117. The number of pyridine rings is 1. The summed E-state index contributed by atoms with van der Waals surface area (Å²) in [5.41, 5.74) is 13.7. The van der Waals surface area contributed by atoms with Crippen LogP contribution >= 0.6 is 0 Å². The van der Waals surface area contributed by atoms with Crippen molar-refractivity contribution in [3.05, 3.63) is 215 Å². The van der Waals surface area contributed by atoms with E-state index in [1.165, 1.54) is 16.7 Å². The van der Waals surface area contributed by atoms with Crippen LogP contribution in [0.25, 0.3) is 39.3 Å². The molecule has 0 saturated carbocycles. The van der Waals surface area contributed by atoms with Gasteiger partial charge in [-0.1, -0.05) is 175 Å². The van der Waals surface area contributed by atoms with Crippen LogP contribution in [0.1, 0.15) is 42.0 Å². The Kier molecular flexibility index (Phi) is 9.08. The average Bonchev–Trinajstić information content (AvgIpc) is 3.50. The number of hydrogen-bond donors (Lipinski definition) is 0. The molecule has 2 aliphatic rings. The van der Waals surface area contributed by atoms with E-state index in [9.17, 15) is 0 Å². The number of aromatic nitrogens is 1. The number of nitrogens with zero attached hydrogens (tertiary/aromatic N) is 3. The van der Waals surface area contributed by atoms with Gasteiger partial charge < -0.3 is 0 Å². The number of hydrogen-bond acceptors (Lipinski definition) is 2. The van der Waals surface area contributed by atoms with Gasteiger partial charge in [-0.25, -0.2) is 15.0 Å². The zero-order valence-electron chi connectivity index (χ0n) is 29.3. The van der Waals surface area contributed by atoms with Crippen LogP contribution in [0.4, 0.5) is 0 Å². The normalized spacial score (nSPS) is 16.9. The van der Waals surface area contributed by atoms with Crippen molar-refractivity contribution < 1.29 is 0 Å². The molecular weight excluding hydrogens is 631 g/mol. The number of fused-ring (bicyclic) bond motifs is 1. The van der Waals surface area contributed by atoms with Gasteiger partial charge in [-0.05, 0) is 66.4 Å². The van der Waals surface area contributed by atoms with E-state index >= 15 is 0 Å². The lowest BCUT2D eigenvalue weighted by Gasteiger charge is -2.37. The Bertz CT molecular complexity index is 2340. The predicted molar refractivity (Wildman–Crippen MR) is 218 cm³/mol. The van der Waals surface area contributed by atoms with Gasteiger partial charge in [0.2, 0.25) is 0 Å². The second-order valence-electron chi connectivity index (χ2n) is 13.1. The molecule has 52 heavy (non-hydrogen) atoms. The molecule has 8 rings (SSSR count). The summed E-state index contributed by atoms with van der Waals surface area (Å²) in [4.78, 5) is 15.0. The first kappa shape index (κ1) is 32.7. The first-order valence-electron chi connectivity index (χ1n) is 17.9. The van der Waals surface area contributed by atoms with E-state index in [4.69, 9.17) is 9.98 Å². The van der Waals surface area contributed by atoms with Gasteiger partial charge in [0, 0.05) is 22.3 Å². The SMILES string of the molecule is C=N/C(=N\C1=C(C=CC)C(C2=CC=CCC2)(c2ccccc2)c2ccccc21)c1ccc(-c2cc(-c3ccccc3)nc(-c3ccccc3)c2)cc1. The number of aliphatic imine (C=N–C) groups is 2. The Morgan fingerprint density at radius 3 is 1.90 bits per heavy atom. The van der Waals surface area contributed by atoms with Gasteiger partial charge in [0.1, 0.15) is 0 Å². The molecule has 2 aliphatic carbocycles. The van der Waals surface area contributed by atoms with E-state index < -0.39 is 5.41 Å². The summed E-state index contributed by atoms with van der Waals surface area (Å²) in [5.74, 6) is 0.587. The van der Waals surface area contributed by atoms with Crippen molar-refractivity contribution in [2.24, 2.45) is 9.98 Å². The minimum Gasteiger partial charge on any atom is -0.248 e. The Balaban J connectivity index is 1.26. The van der Waals surface area contributed by atoms with E-state index in [0.29, 0.717) is 5.84 Å². The van der Waals surface area contributed by atoms with Gasteiger partial charge >= 0.3 is 0 Å². The van der Waals surface area contributed by atoms with E-state index in [0.717, 1.165) is 68.9 Å². The van der Waals surface area contributed by atoms with E-state index in [1.807, 2.05) is 12.1 Å². The highest BCUT2D eigenvalue weighted by molar-refractivity contribution is 6.06. The molecule has 1 aromatic heterocycles. The highest BCUT2D eigenvalue weighted by Gasteiger charge is 2.48. The van der Waals surface area contributed by atoms with Crippen LogP contribution in [0.2, 0.25) is 0 Å². The summed E-state index contributed by atoms with van der Waals surface area (Å²) in [6.45, 7) is 6.09. The van der Waals surface area contributed by atoms with Crippen molar-refractivity contribution in [1.82, 2.24) is 4.98 Å². The van der Waals surface area contributed by atoms with Crippen LogP contribution in [0, 0.1) is 0 Å². The molecule has 0 spiro atoms. The number of amidine groups is 1. The number of benzene rings is 5. The van der Waals surface area contributed by atoms with Crippen LogP contribution in [-0.4, -0.2) is 17.5 Å². The Morgan fingerprint density at radius 2 is 1.31 bits per heavy atom. The Hall–Kier alpha value is -6.45. The third kappa shape index (κ3) is 5.91. The van der Waals surface area contributed by atoms with Crippen molar-refractivity contribution in [2.45, 2.75) is 25.2 Å². The van der Waals surface area contributed by atoms with Crippen LogP contribution in [0.15, 0.2) is 203 Å². The second kappa shape index (κ2) is 14.4. The van der Waals surface area contributed by atoms with Crippen molar-refractivity contribution in [2.75, 3.05) is 0 Å². The Labute approximate surface area is 306 Å². The molecule has 250 valence electrons. The van der Waals surface area contributed by atoms with Crippen molar-refractivity contribution in [3.8, 4) is 33.6 Å². The minimum absolute atomic E-state index is 0.474. The molecule has 0 radical (unpaired) electrons. The summed E-state index contributed by atoms with van der Waals surface area (Å²) in [6.07, 6.45) is 13.1. The molecule has 0 aliphatic heterocycles. The maximum atomic E-state index is 5.39. The first-order chi connectivity index (χ1) is 25.7. The molecule has 6 aromatic rings. The first-order valence-corrected chi connectivity index (χ1v) is 17.9. The van der Waals surface area contributed by atoms with E-state index in [-0.39, 0.29) is 0 Å². The Morgan fingerprint density at radius 1 is 0.692 bits per heavy atom. The maximum Gasteiger partial charge on any atom is 0.159 e. The summed E-state index contributed by atoms with van der Waals surface area (Å²) in [6, 6.07) is 53.1. The molecular formula is C49H39N3.